The molecule has 0 radical (unpaired) electrons. The highest BCUT2D eigenvalue weighted by molar-refractivity contribution is 5.81. The Hall–Kier alpha value is -4.06. The van der Waals surface area contributed by atoms with Crippen molar-refractivity contribution in [2.45, 2.75) is 19.7 Å². The third-order valence-corrected chi connectivity index (χ3v) is 4.27. The minimum Gasteiger partial charge on any atom is -0.490 e. The number of benzene rings is 2. The Bertz CT molecular complexity index is 1120. The molecule has 1 heterocycles. The number of ether oxygens (including phenoxy) is 2. The monoisotopic (exact) mass is 440 g/mol. The fourth-order valence-corrected chi connectivity index (χ4v) is 2.70. The van der Waals surface area contributed by atoms with Crippen molar-refractivity contribution in [1.29, 1.82) is 5.26 Å². The molecular formula is C23H19F3N4O2. The predicted molar refractivity (Wildman–Crippen MR) is 114 cm³/mol. The van der Waals surface area contributed by atoms with Crippen molar-refractivity contribution in [3.05, 3.63) is 83.0 Å². The van der Waals surface area contributed by atoms with Crippen LogP contribution in [0.1, 0.15) is 29.2 Å². The van der Waals surface area contributed by atoms with Crippen LogP contribution in [0.25, 0.3) is 0 Å². The number of hydrazone groups is 1. The number of hydrogen-bond donors (Lipinski definition) is 1. The molecule has 0 unspecified atom stereocenters. The molecule has 6 nitrogen and oxygen atoms in total. The van der Waals surface area contributed by atoms with Crippen LogP contribution in [0.3, 0.4) is 0 Å². The maximum Gasteiger partial charge on any atom is 0.417 e. The summed E-state index contributed by atoms with van der Waals surface area (Å²) in [5, 5.41) is 13.2. The summed E-state index contributed by atoms with van der Waals surface area (Å²) in [6.45, 7) is 2.46. The molecule has 0 saturated carbocycles. The van der Waals surface area contributed by atoms with Crippen LogP contribution in [0.4, 0.5) is 19.0 Å². The van der Waals surface area contributed by atoms with Gasteiger partial charge in [0.15, 0.2) is 11.5 Å². The van der Waals surface area contributed by atoms with Crippen molar-refractivity contribution < 1.29 is 22.6 Å². The maximum atomic E-state index is 12.6. The number of rotatable bonds is 8. The number of aromatic nitrogens is 1. The zero-order chi connectivity index (χ0) is 23.0. The van der Waals surface area contributed by atoms with E-state index in [4.69, 9.17) is 9.47 Å². The minimum absolute atomic E-state index is 0.176. The lowest BCUT2D eigenvalue weighted by atomic mass is 10.1. The van der Waals surface area contributed by atoms with Gasteiger partial charge in [0.25, 0.3) is 0 Å². The first-order chi connectivity index (χ1) is 15.4. The SMILES string of the molecule is CCOc1cc(/C=N\Nc2ccc(C(F)(F)F)cn2)ccc1OCc1ccccc1C#N. The molecule has 9 heteroatoms. The number of pyridine rings is 1. The highest BCUT2D eigenvalue weighted by Crippen LogP contribution is 2.30. The summed E-state index contributed by atoms with van der Waals surface area (Å²) in [5.41, 5.74) is 3.73. The Balaban J connectivity index is 1.67. The van der Waals surface area contributed by atoms with E-state index in [1.807, 2.05) is 19.1 Å². The van der Waals surface area contributed by atoms with Gasteiger partial charge in [0.1, 0.15) is 12.4 Å². The normalized spacial score (nSPS) is 11.2. The summed E-state index contributed by atoms with van der Waals surface area (Å²) in [7, 11) is 0. The second-order valence-electron chi connectivity index (χ2n) is 6.50. The van der Waals surface area contributed by atoms with Gasteiger partial charge in [0, 0.05) is 11.8 Å². The molecule has 3 rings (SSSR count). The van der Waals surface area contributed by atoms with Crippen molar-refractivity contribution in [2.75, 3.05) is 12.0 Å². The number of nitrogens with zero attached hydrogens (tertiary/aromatic N) is 3. The van der Waals surface area contributed by atoms with E-state index in [0.717, 1.165) is 17.8 Å². The Kier molecular flexibility index (Phi) is 7.29. The van der Waals surface area contributed by atoms with Crippen LogP contribution in [0, 0.1) is 11.3 Å². The first-order valence-corrected chi connectivity index (χ1v) is 9.60. The highest BCUT2D eigenvalue weighted by atomic mass is 19.4. The van der Waals surface area contributed by atoms with Gasteiger partial charge in [-0.25, -0.2) is 4.98 Å². The van der Waals surface area contributed by atoms with E-state index in [1.165, 1.54) is 12.3 Å². The second-order valence-corrected chi connectivity index (χ2v) is 6.50. The molecule has 0 bridgehead atoms. The van der Waals surface area contributed by atoms with Crippen LogP contribution in [0.5, 0.6) is 11.5 Å². The van der Waals surface area contributed by atoms with Crippen LogP contribution in [0.2, 0.25) is 0 Å². The van der Waals surface area contributed by atoms with Crippen molar-refractivity contribution in [2.24, 2.45) is 5.10 Å². The first-order valence-electron chi connectivity index (χ1n) is 9.60. The van der Waals surface area contributed by atoms with E-state index >= 15 is 0 Å². The Morgan fingerprint density at radius 2 is 1.91 bits per heavy atom. The van der Waals surface area contributed by atoms with Crippen LogP contribution in [-0.4, -0.2) is 17.8 Å². The molecule has 32 heavy (non-hydrogen) atoms. The number of hydrogen-bond acceptors (Lipinski definition) is 6. The van der Waals surface area contributed by atoms with Crippen LogP contribution in [0.15, 0.2) is 65.9 Å². The van der Waals surface area contributed by atoms with Crippen molar-refractivity contribution in [1.82, 2.24) is 4.98 Å². The summed E-state index contributed by atoms with van der Waals surface area (Å²) in [4.78, 5) is 3.69. The van der Waals surface area contributed by atoms with Gasteiger partial charge in [-0.15, -0.1) is 0 Å². The molecule has 0 aliphatic heterocycles. The average molecular weight is 440 g/mol. The van der Waals surface area contributed by atoms with E-state index in [9.17, 15) is 18.4 Å². The molecule has 0 saturated heterocycles. The fraction of sp³-hybridized carbons (Fsp3) is 0.174. The number of anilines is 1. The topological polar surface area (TPSA) is 79.5 Å². The largest absolute Gasteiger partial charge is 0.490 e. The molecule has 0 aliphatic carbocycles. The van der Waals surface area contributed by atoms with Gasteiger partial charge < -0.3 is 9.47 Å². The Morgan fingerprint density at radius 1 is 1.09 bits per heavy atom. The van der Waals surface area contributed by atoms with E-state index in [2.05, 4.69) is 21.6 Å². The van der Waals surface area contributed by atoms with E-state index in [-0.39, 0.29) is 12.4 Å². The molecule has 0 aliphatic rings. The lowest BCUT2D eigenvalue weighted by Gasteiger charge is -2.13. The number of halogens is 3. The van der Waals surface area contributed by atoms with Gasteiger partial charge in [0.05, 0.1) is 30.0 Å². The van der Waals surface area contributed by atoms with Crippen molar-refractivity contribution >= 4 is 12.0 Å². The third-order valence-electron chi connectivity index (χ3n) is 4.27. The molecule has 3 aromatic rings. The smallest absolute Gasteiger partial charge is 0.417 e. The summed E-state index contributed by atoms with van der Waals surface area (Å²) < 4.78 is 49.3. The van der Waals surface area contributed by atoms with Crippen molar-refractivity contribution in [3.63, 3.8) is 0 Å². The molecule has 1 N–H and O–H groups in total. The van der Waals surface area contributed by atoms with Gasteiger partial charge in [0.2, 0.25) is 0 Å². The summed E-state index contributed by atoms with van der Waals surface area (Å²) >= 11 is 0. The number of alkyl halides is 3. The summed E-state index contributed by atoms with van der Waals surface area (Å²) in [6.07, 6.45) is -2.22. The summed E-state index contributed by atoms with van der Waals surface area (Å²) in [6, 6.07) is 16.6. The number of nitrogens with one attached hydrogen (secondary N) is 1. The molecule has 0 atom stereocenters. The average Bonchev–Trinajstić information content (AvgIpc) is 2.79. The van der Waals surface area contributed by atoms with Gasteiger partial charge >= 0.3 is 6.18 Å². The molecule has 164 valence electrons. The summed E-state index contributed by atoms with van der Waals surface area (Å²) in [5.74, 6) is 1.18. The minimum atomic E-state index is -4.44. The van der Waals surface area contributed by atoms with Crippen LogP contribution in [-0.2, 0) is 12.8 Å². The first kappa shape index (κ1) is 22.6. The van der Waals surface area contributed by atoms with Gasteiger partial charge in [-0.1, -0.05) is 18.2 Å². The number of nitriles is 1. The zero-order valence-electron chi connectivity index (χ0n) is 17.1. The van der Waals surface area contributed by atoms with Gasteiger partial charge in [-0.2, -0.15) is 23.5 Å². The molecule has 2 aromatic carbocycles. The second kappa shape index (κ2) is 10.3. The van der Waals surface area contributed by atoms with E-state index in [1.54, 1.807) is 30.3 Å². The van der Waals surface area contributed by atoms with Crippen molar-refractivity contribution in [3.8, 4) is 17.6 Å². The maximum absolute atomic E-state index is 12.6. The fourth-order valence-electron chi connectivity index (χ4n) is 2.70. The van der Waals surface area contributed by atoms with Crippen LogP contribution >= 0.6 is 0 Å². The Morgan fingerprint density at radius 3 is 2.59 bits per heavy atom. The molecule has 0 amide bonds. The quantitative estimate of drug-likeness (QED) is 0.375. The highest BCUT2D eigenvalue weighted by Gasteiger charge is 2.30. The lowest BCUT2D eigenvalue weighted by Crippen LogP contribution is -2.05. The molecule has 0 fully saturated rings. The standard InChI is InChI=1S/C23H19F3N4O2/c1-2-31-21-11-16(13-29-30-22-10-8-19(14-28-22)23(24,25)26)7-9-20(21)32-15-18-6-4-3-5-17(18)12-27/h3-11,13-14H,2,15H2,1H3,(H,28,30)/b29-13-. The molecular weight excluding hydrogens is 421 g/mol. The predicted octanol–water partition coefficient (Wildman–Crippen LogP) is 5.40. The Labute approximate surface area is 182 Å². The van der Waals surface area contributed by atoms with Gasteiger partial charge in [-0.3, -0.25) is 5.43 Å². The molecule has 0 spiro atoms. The third kappa shape index (κ3) is 5.98. The van der Waals surface area contributed by atoms with E-state index in [0.29, 0.717) is 29.2 Å². The zero-order valence-corrected chi connectivity index (χ0v) is 17.1. The van der Waals surface area contributed by atoms with Gasteiger partial charge in [-0.05, 0) is 48.9 Å². The lowest BCUT2D eigenvalue weighted by molar-refractivity contribution is -0.137. The van der Waals surface area contributed by atoms with E-state index < -0.39 is 11.7 Å². The molecule has 1 aromatic heterocycles. The van der Waals surface area contributed by atoms with Crippen LogP contribution < -0.4 is 14.9 Å².